The van der Waals surface area contributed by atoms with Gasteiger partial charge in [0.2, 0.25) is 5.91 Å². The number of likely N-dealkylation sites (tertiary alicyclic amines) is 1. The summed E-state index contributed by atoms with van der Waals surface area (Å²) in [6.45, 7) is 8.55. The molecule has 1 aromatic carbocycles. The zero-order valence-electron chi connectivity index (χ0n) is 19.1. The second kappa shape index (κ2) is 13.2. The molecule has 31 heavy (non-hydrogen) atoms. The van der Waals surface area contributed by atoms with Gasteiger partial charge in [-0.3, -0.25) is 14.7 Å². The Morgan fingerprint density at radius 2 is 1.97 bits per heavy atom. The molecule has 0 spiro atoms. The van der Waals surface area contributed by atoms with Crippen molar-refractivity contribution in [3.8, 4) is 0 Å². The number of morpholine rings is 1. The second-order valence-electron chi connectivity index (χ2n) is 8.44. The van der Waals surface area contributed by atoms with Crippen LogP contribution >= 0.6 is 24.0 Å². The lowest BCUT2D eigenvalue weighted by Gasteiger charge is -2.34. The number of guanidine groups is 1. The largest absolute Gasteiger partial charge is 0.376 e. The summed E-state index contributed by atoms with van der Waals surface area (Å²) in [6, 6.07) is 8.80. The summed E-state index contributed by atoms with van der Waals surface area (Å²) in [5.74, 6) is 1.56. The molecule has 3 rings (SSSR count). The highest BCUT2D eigenvalue weighted by molar-refractivity contribution is 14.0. The Labute approximate surface area is 204 Å². The highest BCUT2D eigenvalue weighted by Crippen LogP contribution is 2.20. The van der Waals surface area contributed by atoms with Crippen molar-refractivity contribution < 1.29 is 9.53 Å². The molecule has 2 saturated heterocycles. The molecule has 0 aromatic heterocycles. The SMILES string of the molecule is CN=C(NCc1cccc(CN2CCOC(C)C2)c1)N1CCC(CC(=O)NC)CC1.I. The minimum Gasteiger partial charge on any atom is -0.376 e. The molecule has 7 nitrogen and oxygen atoms in total. The number of carbonyl (C=O) groups is 1. The van der Waals surface area contributed by atoms with Crippen LogP contribution in [-0.4, -0.2) is 74.7 Å². The highest BCUT2D eigenvalue weighted by atomic mass is 127. The summed E-state index contributed by atoms with van der Waals surface area (Å²) in [7, 11) is 3.55. The van der Waals surface area contributed by atoms with Gasteiger partial charge < -0.3 is 20.3 Å². The lowest BCUT2D eigenvalue weighted by Crippen LogP contribution is -2.45. The van der Waals surface area contributed by atoms with Crippen LogP contribution in [0.25, 0.3) is 0 Å². The predicted octanol–water partition coefficient (Wildman–Crippen LogP) is 2.45. The lowest BCUT2D eigenvalue weighted by molar-refractivity contribution is -0.121. The average molecular weight is 543 g/mol. The van der Waals surface area contributed by atoms with Crippen LogP contribution in [0.4, 0.5) is 0 Å². The van der Waals surface area contributed by atoms with E-state index in [2.05, 4.69) is 56.6 Å². The molecular formula is C23H38IN5O2. The van der Waals surface area contributed by atoms with E-state index >= 15 is 0 Å². The fourth-order valence-corrected chi connectivity index (χ4v) is 4.36. The number of piperidine rings is 1. The third kappa shape index (κ3) is 8.23. The Morgan fingerprint density at radius 1 is 1.23 bits per heavy atom. The van der Waals surface area contributed by atoms with Gasteiger partial charge in [0.15, 0.2) is 5.96 Å². The second-order valence-corrected chi connectivity index (χ2v) is 8.44. The van der Waals surface area contributed by atoms with Crippen molar-refractivity contribution in [3.63, 3.8) is 0 Å². The molecule has 8 heteroatoms. The number of benzene rings is 1. The van der Waals surface area contributed by atoms with Crippen molar-refractivity contribution in [2.45, 2.75) is 45.4 Å². The van der Waals surface area contributed by atoms with E-state index in [-0.39, 0.29) is 29.9 Å². The monoisotopic (exact) mass is 543 g/mol. The van der Waals surface area contributed by atoms with E-state index in [1.54, 1.807) is 7.05 Å². The first-order chi connectivity index (χ1) is 14.6. The number of carbonyl (C=O) groups excluding carboxylic acids is 1. The van der Waals surface area contributed by atoms with Gasteiger partial charge in [0, 0.05) is 59.8 Å². The molecule has 2 fully saturated rings. The molecule has 0 radical (unpaired) electrons. The van der Waals surface area contributed by atoms with E-state index in [0.29, 0.717) is 18.4 Å². The predicted molar refractivity (Wildman–Crippen MR) is 136 cm³/mol. The smallest absolute Gasteiger partial charge is 0.220 e. The zero-order chi connectivity index (χ0) is 21.3. The third-order valence-electron chi connectivity index (χ3n) is 6.05. The van der Waals surface area contributed by atoms with Gasteiger partial charge in [-0.2, -0.15) is 0 Å². The van der Waals surface area contributed by atoms with Crippen LogP contribution in [0.15, 0.2) is 29.3 Å². The van der Waals surface area contributed by atoms with Crippen LogP contribution in [0.1, 0.15) is 37.3 Å². The van der Waals surface area contributed by atoms with Crippen LogP contribution in [0.3, 0.4) is 0 Å². The summed E-state index contributed by atoms with van der Waals surface area (Å²) < 4.78 is 5.65. The Balaban J connectivity index is 0.00000341. The van der Waals surface area contributed by atoms with E-state index < -0.39 is 0 Å². The fourth-order valence-electron chi connectivity index (χ4n) is 4.36. The van der Waals surface area contributed by atoms with Crippen molar-refractivity contribution in [3.05, 3.63) is 35.4 Å². The number of rotatable bonds is 6. The van der Waals surface area contributed by atoms with Gasteiger partial charge in [0.25, 0.3) is 0 Å². The van der Waals surface area contributed by atoms with Gasteiger partial charge in [-0.15, -0.1) is 24.0 Å². The number of amides is 1. The van der Waals surface area contributed by atoms with Crippen molar-refractivity contribution >= 4 is 35.8 Å². The Kier molecular flexibility index (Phi) is 11.0. The number of nitrogens with zero attached hydrogens (tertiary/aromatic N) is 3. The van der Waals surface area contributed by atoms with Crippen molar-refractivity contribution in [2.75, 3.05) is 46.9 Å². The Hall–Kier alpha value is -1.39. The summed E-state index contributed by atoms with van der Waals surface area (Å²) >= 11 is 0. The molecule has 174 valence electrons. The molecule has 2 heterocycles. The van der Waals surface area contributed by atoms with Crippen molar-refractivity contribution in [2.24, 2.45) is 10.9 Å². The maximum atomic E-state index is 11.6. The lowest BCUT2D eigenvalue weighted by atomic mass is 9.93. The van der Waals surface area contributed by atoms with Crippen LogP contribution in [-0.2, 0) is 22.6 Å². The summed E-state index contributed by atoms with van der Waals surface area (Å²) in [4.78, 5) is 20.9. The third-order valence-corrected chi connectivity index (χ3v) is 6.05. The topological polar surface area (TPSA) is 69.2 Å². The molecule has 0 bridgehead atoms. The first-order valence-corrected chi connectivity index (χ1v) is 11.1. The molecule has 1 unspecified atom stereocenters. The van der Waals surface area contributed by atoms with E-state index in [0.717, 1.165) is 64.7 Å². The van der Waals surface area contributed by atoms with Crippen LogP contribution in [0.5, 0.6) is 0 Å². The first-order valence-electron chi connectivity index (χ1n) is 11.1. The van der Waals surface area contributed by atoms with Crippen molar-refractivity contribution in [1.29, 1.82) is 0 Å². The van der Waals surface area contributed by atoms with E-state index in [1.165, 1.54) is 11.1 Å². The highest BCUT2D eigenvalue weighted by Gasteiger charge is 2.23. The van der Waals surface area contributed by atoms with E-state index in [4.69, 9.17) is 4.74 Å². The van der Waals surface area contributed by atoms with E-state index in [1.807, 2.05) is 7.05 Å². The summed E-state index contributed by atoms with van der Waals surface area (Å²) in [5, 5.41) is 6.25. The summed E-state index contributed by atoms with van der Waals surface area (Å²) in [6.07, 6.45) is 3.00. The maximum absolute atomic E-state index is 11.6. The standard InChI is InChI=1S/C23H37N5O2.HI/c1-18-16-27(11-12-30-18)17-21-6-4-5-20(13-21)15-26-23(25-3)28-9-7-19(8-10-28)14-22(29)24-2;/h4-6,13,18-19H,7-12,14-17H2,1-3H3,(H,24,29)(H,25,26);1H. The zero-order valence-corrected chi connectivity index (χ0v) is 21.4. The number of ether oxygens (including phenoxy) is 1. The molecule has 1 amide bonds. The number of aliphatic imine (C=N–C) groups is 1. The van der Waals surface area contributed by atoms with Crippen LogP contribution in [0, 0.1) is 5.92 Å². The molecule has 0 saturated carbocycles. The molecule has 1 atom stereocenters. The van der Waals surface area contributed by atoms with Crippen LogP contribution < -0.4 is 10.6 Å². The molecular weight excluding hydrogens is 505 g/mol. The molecule has 2 aliphatic heterocycles. The quantitative estimate of drug-likeness (QED) is 0.328. The average Bonchev–Trinajstić information content (AvgIpc) is 2.75. The number of hydrogen-bond donors (Lipinski definition) is 2. The number of nitrogens with one attached hydrogen (secondary N) is 2. The van der Waals surface area contributed by atoms with Gasteiger partial charge >= 0.3 is 0 Å². The minimum absolute atomic E-state index is 0. The van der Waals surface area contributed by atoms with Crippen LogP contribution in [0.2, 0.25) is 0 Å². The molecule has 2 N–H and O–H groups in total. The first kappa shape index (κ1) is 25.9. The molecule has 2 aliphatic rings. The van der Waals surface area contributed by atoms with E-state index in [9.17, 15) is 4.79 Å². The maximum Gasteiger partial charge on any atom is 0.220 e. The van der Waals surface area contributed by atoms with Gasteiger partial charge in [-0.25, -0.2) is 0 Å². The van der Waals surface area contributed by atoms with Gasteiger partial charge in [-0.1, -0.05) is 24.3 Å². The summed E-state index contributed by atoms with van der Waals surface area (Å²) in [5.41, 5.74) is 2.61. The molecule has 0 aliphatic carbocycles. The number of hydrogen-bond acceptors (Lipinski definition) is 4. The van der Waals surface area contributed by atoms with Gasteiger partial charge in [-0.05, 0) is 36.8 Å². The van der Waals surface area contributed by atoms with Gasteiger partial charge in [0.05, 0.1) is 12.7 Å². The minimum atomic E-state index is 0. The fraction of sp³-hybridized carbons (Fsp3) is 0.652. The Morgan fingerprint density at radius 3 is 2.65 bits per heavy atom. The molecule has 1 aromatic rings. The number of halogens is 1. The van der Waals surface area contributed by atoms with Gasteiger partial charge in [0.1, 0.15) is 0 Å². The normalized spacial score (nSPS) is 20.8. The Bertz CT molecular complexity index is 722. The van der Waals surface area contributed by atoms with Crippen molar-refractivity contribution in [1.82, 2.24) is 20.4 Å².